The summed E-state index contributed by atoms with van der Waals surface area (Å²) in [7, 11) is 3.61. The van der Waals surface area contributed by atoms with Gasteiger partial charge in [0.05, 0.1) is 19.7 Å². The van der Waals surface area contributed by atoms with E-state index in [1.807, 2.05) is 18.5 Å². The second kappa shape index (κ2) is 11.2. The molecule has 0 saturated carbocycles. The van der Waals surface area contributed by atoms with E-state index in [4.69, 9.17) is 9.47 Å². The van der Waals surface area contributed by atoms with Gasteiger partial charge in [-0.25, -0.2) is 4.99 Å². The third-order valence-corrected chi connectivity index (χ3v) is 3.94. The van der Waals surface area contributed by atoms with E-state index in [-0.39, 0.29) is 0 Å². The summed E-state index contributed by atoms with van der Waals surface area (Å²) in [5.74, 6) is 2.45. The van der Waals surface area contributed by atoms with Crippen molar-refractivity contribution in [2.24, 2.45) is 12.0 Å². The number of hydrogen-bond acceptors (Lipinski definition) is 5. The maximum Gasteiger partial charge on any atom is 0.191 e. The van der Waals surface area contributed by atoms with Gasteiger partial charge in [-0.15, -0.1) is 10.2 Å². The zero-order chi connectivity index (χ0) is 19.5. The van der Waals surface area contributed by atoms with E-state index in [9.17, 15) is 0 Å². The van der Waals surface area contributed by atoms with E-state index in [0.717, 1.165) is 41.6 Å². The van der Waals surface area contributed by atoms with E-state index < -0.39 is 0 Å². The Bertz CT molecular complexity index is 729. The summed E-state index contributed by atoms with van der Waals surface area (Å²) in [6, 6.07) is 6.20. The summed E-state index contributed by atoms with van der Waals surface area (Å²) in [5, 5.41) is 14.5. The summed E-state index contributed by atoms with van der Waals surface area (Å²) < 4.78 is 12.9. The Labute approximate surface area is 161 Å². The van der Waals surface area contributed by atoms with Gasteiger partial charge in [0.2, 0.25) is 0 Å². The van der Waals surface area contributed by atoms with Crippen LogP contribution in [0.5, 0.6) is 5.75 Å². The quantitative estimate of drug-likeness (QED) is 0.375. The van der Waals surface area contributed by atoms with Gasteiger partial charge in [0.15, 0.2) is 11.8 Å². The maximum absolute atomic E-state index is 5.94. The number of rotatable bonds is 10. The Morgan fingerprint density at radius 2 is 2.11 bits per heavy atom. The first kappa shape index (κ1) is 20.7. The van der Waals surface area contributed by atoms with Gasteiger partial charge in [-0.3, -0.25) is 0 Å². The number of nitrogens with one attached hydrogen (secondary N) is 2. The predicted octanol–water partition coefficient (Wildman–Crippen LogP) is 1.79. The molecule has 0 spiro atoms. The van der Waals surface area contributed by atoms with Gasteiger partial charge in [-0.05, 0) is 25.5 Å². The topological polar surface area (TPSA) is 85.6 Å². The fourth-order valence-electron chi connectivity index (χ4n) is 2.45. The van der Waals surface area contributed by atoms with Crippen molar-refractivity contribution < 1.29 is 9.47 Å². The van der Waals surface area contributed by atoms with Crippen LogP contribution in [0.25, 0.3) is 0 Å². The number of guanidine groups is 1. The van der Waals surface area contributed by atoms with E-state index >= 15 is 0 Å². The Balaban J connectivity index is 2.02. The zero-order valence-electron chi connectivity index (χ0n) is 16.7. The molecule has 2 rings (SSSR count). The van der Waals surface area contributed by atoms with Crippen molar-refractivity contribution >= 4 is 5.96 Å². The first-order valence-corrected chi connectivity index (χ1v) is 9.20. The third-order valence-electron chi connectivity index (χ3n) is 3.94. The minimum absolute atomic E-state index is 0.522. The van der Waals surface area contributed by atoms with Gasteiger partial charge >= 0.3 is 0 Å². The van der Waals surface area contributed by atoms with Crippen LogP contribution in [0.3, 0.4) is 0 Å². The summed E-state index contributed by atoms with van der Waals surface area (Å²) in [6.07, 6.45) is 2.54. The molecule has 148 valence electrons. The van der Waals surface area contributed by atoms with Crippen LogP contribution in [-0.2, 0) is 24.9 Å². The lowest BCUT2D eigenvalue weighted by atomic mass is 10.1. The van der Waals surface area contributed by atoms with Crippen LogP contribution in [0.1, 0.15) is 30.3 Å². The van der Waals surface area contributed by atoms with Crippen LogP contribution in [-0.4, -0.2) is 47.6 Å². The number of ether oxygens (including phenoxy) is 2. The summed E-state index contributed by atoms with van der Waals surface area (Å²) >= 11 is 0. The molecule has 0 saturated heterocycles. The molecule has 8 nitrogen and oxygen atoms in total. The number of benzene rings is 1. The first-order valence-electron chi connectivity index (χ1n) is 9.20. The summed E-state index contributed by atoms with van der Waals surface area (Å²) in [6.45, 7) is 7.26. The standard InChI is InChI=1S/C19H30N6O2/c1-5-20-19(22-13-18-24-23-14-25(18)3)21-12-16-8-7-15(2)11-17(16)27-10-6-9-26-4/h7-8,11,14H,5-6,9-10,12-13H2,1-4H3,(H2,20,21,22). The number of aliphatic imine (C=N–C) groups is 1. The van der Waals surface area contributed by atoms with Crippen molar-refractivity contribution in [3.8, 4) is 5.75 Å². The maximum atomic E-state index is 5.94. The molecule has 0 aliphatic heterocycles. The van der Waals surface area contributed by atoms with Gasteiger partial charge in [0.25, 0.3) is 0 Å². The highest BCUT2D eigenvalue weighted by molar-refractivity contribution is 5.79. The van der Waals surface area contributed by atoms with E-state index in [0.29, 0.717) is 26.3 Å². The molecular formula is C19H30N6O2. The highest BCUT2D eigenvalue weighted by atomic mass is 16.5. The van der Waals surface area contributed by atoms with Crippen LogP contribution in [0.2, 0.25) is 0 Å². The van der Waals surface area contributed by atoms with Gasteiger partial charge in [-0.1, -0.05) is 12.1 Å². The molecule has 0 fully saturated rings. The highest BCUT2D eigenvalue weighted by Crippen LogP contribution is 2.21. The number of methoxy groups -OCH3 is 1. The Hall–Kier alpha value is -2.61. The fourth-order valence-corrected chi connectivity index (χ4v) is 2.45. The normalized spacial score (nSPS) is 11.5. The molecule has 0 amide bonds. The summed E-state index contributed by atoms with van der Waals surface area (Å²) in [4.78, 5) is 4.68. The van der Waals surface area contributed by atoms with E-state index in [2.05, 4.69) is 50.9 Å². The van der Waals surface area contributed by atoms with Crippen molar-refractivity contribution in [2.45, 2.75) is 33.4 Å². The molecule has 27 heavy (non-hydrogen) atoms. The number of aryl methyl sites for hydroxylation is 2. The highest BCUT2D eigenvalue weighted by Gasteiger charge is 2.06. The van der Waals surface area contributed by atoms with Crippen LogP contribution < -0.4 is 15.4 Å². The van der Waals surface area contributed by atoms with Crippen LogP contribution in [0.15, 0.2) is 29.5 Å². The van der Waals surface area contributed by atoms with E-state index in [1.54, 1.807) is 13.4 Å². The minimum Gasteiger partial charge on any atom is -0.493 e. The molecule has 0 radical (unpaired) electrons. The smallest absolute Gasteiger partial charge is 0.191 e. The van der Waals surface area contributed by atoms with Crippen LogP contribution in [0.4, 0.5) is 0 Å². The molecule has 0 aliphatic carbocycles. The molecular weight excluding hydrogens is 344 g/mol. The average molecular weight is 374 g/mol. The lowest BCUT2D eigenvalue weighted by molar-refractivity contribution is 0.172. The van der Waals surface area contributed by atoms with Crippen molar-refractivity contribution in [1.29, 1.82) is 0 Å². The van der Waals surface area contributed by atoms with Gasteiger partial charge in [0, 0.05) is 39.3 Å². The second-order valence-electron chi connectivity index (χ2n) is 6.21. The van der Waals surface area contributed by atoms with Crippen molar-refractivity contribution in [3.05, 3.63) is 41.5 Å². The third kappa shape index (κ3) is 6.90. The molecule has 1 aromatic carbocycles. The Morgan fingerprint density at radius 3 is 2.81 bits per heavy atom. The average Bonchev–Trinajstić information content (AvgIpc) is 3.07. The minimum atomic E-state index is 0.522. The second-order valence-corrected chi connectivity index (χ2v) is 6.21. The Morgan fingerprint density at radius 1 is 1.26 bits per heavy atom. The van der Waals surface area contributed by atoms with Crippen LogP contribution >= 0.6 is 0 Å². The van der Waals surface area contributed by atoms with Crippen molar-refractivity contribution in [1.82, 2.24) is 25.4 Å². The zero-order valence-corrected chi connectivity index (χ0v) is 16.7. The molecule has 0 unspecified atom stereocenters. The molecule has 0 atom stereocenters. The SMILES string of the molecule is CCNC(=NCc1ccc(C)cc1OCCCOC)NCc1nncn1C. The number of aromatic nitrogens is 3. The molecule has 2 aromatic rings. The lowest BCUT2D eigenvalue weighted by Crippen LogP contribution is -2.37. The summed E-state index contributed by atoms with van der Waals surface area (Å²) in [5.41, 5.74) is 2.21. The van der Waals surface area contributed by atoms with Gasteiger partial charge in [-0.2, -0.15) is 0 Å². The van der Waals surface area contributed by atoms with Gasteiger partial charge in [0.1, 0.15) is 12.1 Å². The van der Waals surface area contributed by atoms with Gasteiger partial charge < -0.3 is 24.7 Å². The molecule has 8 heteroatoms. The fraction of sp³-hybridized carbons (Fsp3) is 0.526. The molecule has 0 bridgehead atoms. The lowest BCUT2D eigenvalue weighted by Gasteiger charge is -2.13. The van der Waals surface area contributed by atoms with Crippen LogP contribution in [0, 0.1) is 6.92 Å². The number of nitrogens with zero attached hydrogens (tertiary/aromatic N) is 4. The predicted molar refractivity (Wildman–Crippen MR) is 106 cm³/mol. The van der Waals surface area contributed by atoms with Crippen molar-refractivity contribution in [3.63, 3.8) is 0 Å². The largest absolute Gasteiger partial charge is 0.493 e. The monoisotopic (exact) mass is 374 g/mol. The first-order chi connectivity index (χ1) is 13.1. The molecule has 2 N–H and O–H groups in total. The molecule has 1 heterocycles. The number of hydrogen-bond donors (Lipinski definition) is 2. The molecule has 0 aliphatic rings. The Kier molecular flexibility index (Phi) is 8.57. The molecule has 1 aromatic heterocycles. The van der Waals surface area contributed by atoms with Crippen molar-refractivity contribution in [2.75, 3.05) is 26.9 Å². The van der Waals surface area contributed by atoms with E-state index in [1.165, 1.54) is 0 Å².